The van der Waals surface area contributed by atoms with Gasteiger partial charge >= 0.3 is 5.97 Å². The third-order valence-corrected chi connectivity index (χ3v) is 11.4. The van der Waals surface area contributed by atoms with Crippen LogP contribution in [0.25, 0.3) is 0 Å². The molecule has 64 heavy (non-hydrogen) atoms. The molecule has 1 fully saturated rings. The van der Waals surface area contributed by atoms with Crippen LogP contribution in [0, 0.1) is 0 Å². The molecule has 6 atom stereocenters. The molecule has 0 unspecified atom stereocenters. The number of primary amides is 2. The van der Waals surface area contributed by atoms with Crippen molar-refractivity contribution >= 4 is 47.3 Å². The summed E-state index contributed by atoms with van der Waals surface area (Å²) in [5.41, 5.74) is 12.4. The van der Waals surface area contributed by atoms with Crippen LogP contribution in [0.5, 0.6) is 0 Å². The second-order valence-electron chi connectivity index (χ2n) is 16.8. The number of benzene rings is 2. The lowest BCUT2D eigenvalue weighted by atomic mass is 10.0. The van der Waals surface area contributed by atoms with Gasteiger partial charge in [-0.15, -0.1) is 0 Å². The summed E-state index contributed by atoms with van der Waals surface area (Å²) in [6.07, 6.45) is 11.1. The maximum Gasteiger partial charge on any atom is 0.326 e. The van der Waals surface area contributed by atoms with Gasteiger partial charge in [0, 0.05) is 32.2 Å². The molecule has 0 radical (unpaired) electrons. The van der Waals surface area contributed by atoms with Crippen molar-refractivity contribution in [1.82, 2.24) is 26.2 Å². The van der Waals surface area contributed by atoms with Gasteiger partial charge in [0.2, 0.25) is 41.4 Å². The largest absolute Gasteiger partial charge is 0.480 e. The molecule has 1 saturated heterocycles. The van der Waals surface area contributed by atoms with Crippen LogP contribution < -0.4 is 32.7 Å². The Balaban J connectivity index is 1.24. The molecule has 352 valence electrons. The van der Waals surface area contributed by atoms with Crippen LogP contribution in [0.3, 0.4) is 0 Å². The molecule has 7 amide bonds. The second-order valence-corrected chi connectivity index (χ2v) is 16.8. The van der Waals surface area contributed by atoms with E-state index in [1.807, 2.05) is 30.3 Å². The molecule has 10 N–H and O–H groups in total. The van der Waals surface area contributed by atoms with Crippen molar-refractivity contribution in [3.8, 4) is 0 Å². The normalized spacial score (nSPS) is 15.8. The van der Waals surface area contributed by atoms with E-state index in [1.54, 1.807) is 30.3 Å². The molecule has 1 aliphatic heterocycles. The Kier molecular flexibility index (Phi) is 23.6. The molecular weight excluding hydrogens is 823 g/mol. The first-order chi connectivity index (χ1) is 30.7. The molecule has 17 heteroatoms. The molecule has 0 spiro atoms. The number of carboxylic acids is 1. The van der Waals surface area contributed by atoms with Gasteiger partial charge in [-0.25, -0.2) is 4.79 Å². The van der Waals surface area contributed by atoms with Crippen molar-refractivity contribution in [1.29, 1.82) is 0 Å². The molecule has 1 aliphatic rings. The SMILES string of the molecule is C[C@@H](O)[C@H](NC(=O)CCCCCCCCCCCCCCC(=O)N[C@@H](CC(N)=O)C(=O)N[C@@H](Cc1ccccc1)C(=O)O)C(=O)N1CCC[C@H]1C(=O)N[C@@H](Cc1ccccc1)C(N)=O. The number of hydrogen-bond donors (Lipinski definition) is 8. The van der Waals surface area contributed by atoms with Crippen molar-refractivity contribution in [2.75, 3.05) is 6.54 Å². The summed E-state index contributed by atoms with van der Waals surface area (Å²) >= 11 is 0. The first-order valence-corrected chi connectivity index (χ1v) is 22.7. The van der Waals surface area contributed by atoms with Crippen LogP contribution in [0.2, 0.25) is 0 Å². The number of carbonyl (C=O) groups is 8. The van der Waals surface area contributed by atoms with Gasteiger partial charge in [-0.1, -0.05) is 125 Å². The number of carbonyl (C=O) groups excluding carboxylic acids is 7. The van der Waals surface area contributed by atoms with Crippen molar-refractivity contribution in [3.63, 3.8) is 0 Å². The van der Waals surface area contributed by atoms with Gasteiger partial charge in [0.1, 0.15) is 30.2 Å². The maximum atomic E-state index is 13.5. The highest BCUT2D eigenvalue weighted by atomic mass is 16.4. The average molecular weight is 892 g/mol. The van der Waals surface area contributed by atoms with Crippen molar-refractivity contribution in [2.45, 2.75) is 165 Å². The van der Waals surface area contributed by atoms with Gasteiger partial charge in [-0.05, 0) is 43.7 Å². The number of nitrogens with one attached hydrogen (secondary N) is 4. The van der Waals surface area contributed by atoms with E-state index in [-0.39, 0.29) is 38.1 Å². The Labute approximate surface area is 376 Å². The molecule has 0 saturated carbocycles. The maximum absolute atomic E-state index is 13.5. The average Bonchev–Trinajstić information content (AvgIpc) is 3.76. The first-order valence-electron chi connectivity index (χ1n) is 22.7. The van der Waals surface area contributed by atoms with Crippen LogP contribution in [0.1, 0.15) is 127 Å². The van der Waals surface area contributed by atoms with Crippen LogP contribution in [0.15, 0.2) is 60.7 Å². The number of amides is 7. The number of likely N-dealkylation sites (tertiary alicyclic amines) is 1. The van der Waals surface area contributed by atoms with E-state index in [2.05, 4.69) is 21.3 Å². The van der Waals surface area contributed by atoms with Gasteiger partial charge in [0.05, 0.1) is 12.5 Å². The topological polar surface area (TPSA) is 280 Å². The van der Waals surface area contributed by atoms with E-state index in [0.717, 1.165) is 69.8 Å². The predicted molar refractivity (Wildman–Crippen MR) is 240 cm³/mol. The fourth-order valence-corrected chi connectivity index (χ4v) is 7.79. The number of nitrogens with zero attached hydrogens (tertiary/aromatic N) is 1. The van der Waals surface area contributed by atoms with E-state index in [1.165, 1.54) is 11.8 Å². The molecule has 3 rings (SSSR count). The highest BCUT2D eigenvalue weighted by Gasteiger charge is 2.40. The quantitative estimate of drug-likeness (QED) is 0.0513. The number of carboxylic acid groups (broad SMARTS) is 1. The van der Waals surface area contributed by atoms with Crippen LogP contribution in [0.4, 0.5) is 0 Å². The predicted octanol–water partition coefficient (Wildman–Crippen LogP) is 2.69. The van der Waals surface area contributed by atoms with Gasteiger partial charge in [-0.2, -0.15) is 0 Å². The van der Waals surface area contributed by atoms with Crippen LogP contribution >= 0.6 is 0 Å². The molecule has 2 aromatic carbocycles. The number of rotatable bonds is 31. The number of aliphatic hydroxyl groups is 1. The van der Waals surface area contributed by atoms with Crippen LogP contribution in [-0.2, 0) is 51.2 Å². The summed E-state index contributed by atoms with van der Waals surface area (Å²) in [6.45, 7) is 1.70. The minimum absolute atomic E-state index is 0.0360. The third kappa shape index (κ3) is 19.7. The van der Waals surface area contributed by atoms with Gasteiger partial charge < -0.3 is 47.8 Å². The highest BCUT2D eigenvalue weighted by Crippen LogP contribution is 2.21. The van der Waals surface area contributed by atoms with E-state index in [9.17, 15) is 48.6 Å². The number of nitrogens with two attached hydrogens (primary N) is 2. The summed E-state index contributed by atoms with van der Waals surface area (Å²) in [7, 11) is 0. The molecule has 0 aliphatic carbocycles. The highest BCUT2D eigenvalue weighted by molar-refractivity contribution is 5.95. The Morgan fingerprint density at radius 3 is 1.56 bits per heavy atom. The Morgan fingerprint density at radius 2 is 1.11 bits per heavy atom. The Morgan fingerprint density at radius 1 is 0.641 bits per heavy atom. The van der Waals surface area contributed by atoms with E-state index in [4.69, 9.17) is 11.5 Å². The van der Waals surface area contributed by atoms with Crippen LogP contribution in [-0.4, -0.2) is 105 Å². The van der Waals surface area contributed by atoms with Crippen molar-refractivity contribution in [2.24, 2.45) is 11.5 Å². The zero-order valence-corrected chi connectivity index (χ0v) is 37.1. The Bertz CT molecular complexity index is 1810. The standard InChI is InChI=1S/C47H69N7O10/c1-32(55)42(46(62)54-28-20-25-38(54)45(61)51-35(43(49)59)29-33-21-14-12-15-22-33)53-41(58)27-19-11-9-7-5-3-2-4-6-8-10-18-26-40(57)50-36(31-39(48)56)44(60)52-37(47(63)64)30-34-23-16-13-17-24-34/h12-17,21-24,32,35-38,42,55H,2-11,18-20,25-31H2,1H3,(H2,48,56)(H2,49,59)(H,50,57)(H,51,61)(H,52,60)(H,53,58)(H,63,64)/t32-,35+,36+,37+,38+,42+/m1/s1. The molecule has 2 aromatic rings. The van der Waals surface area contributed by atoms with Gasteiger partial charge in [0.25, 0.3) is 0 Å². The van der Waals surface area contributed by atoms with E-state index >= 15 is 0 Å². The monoisotopic (exact) mass is 892 g/mol. The number of aliphatic carboxylic acids is 1. The van der Waals surface area contributed by atoms with Gasteiger partial charge in [0.15, 0.2) is 0 Å². The number of aliphatic hydroxyl groups excluding tert-OH is 1. The molecule has 0 bridgehead atoms. The second kappa shape index (κ2) is 28.8. The third-order valence-electron chi connectivity index (χ3n) is 11.4. The lowest BCUT2D eigenvalue weighted by Gasteiger charge is -2.30. The molecule has 0 aromatic heterocycles. The van der Waals surface area contributed by atoms with E-state index in [0.29, 0.717) is 31.2 Å². The fourth-order valence-electron chi connectivity index (χ4n) is 7.79. The number of unbranched alkanes of at least 4 members (excludes halogenated alkanes) is 11. The summed E-state index contributed by atoms with van der Waals surface area (Å²) in [5.74, 6) is -5.34. The molecule has 1 heterocycles. The minimum atomic E-state index is -1.27. The lowest BCUT2D eigenvalue weighted by molar-refractivity contribution is -0.144. The van der Waals surface area contributed by atoms with Crippen molar-refractivity contribution < 1.29 is 48.6 Å². The summed E-state index contributed by atoms with van der Waals surface area (Å²) in [5, 5.41) is 30.4. The minimum Gasteiger partial charge on any atom is -0.480 e. The fraction of sp³-hybridized carbons (Fsp3) is 0.574. The summed E-state index contributed by atoms with van der Waals surface area (Å²) in [6, 6.07) is 12.4. The smallest absolute Gasteiger partial charge is 0.326 e. The lowest BCUT2D eigenvalue weighted by Crippen LogP contribution is -2.58. The Hall–Kier alpha value is -5.84. The van der Waals surface area contributed by atoms with Crippen molar-refractivity contribution in [3.05, 3.63) is 71.8 Å². The zero-order valence-electron chi connectivity index (χ0n) is 37.1. The molecular formula is C47H69N7O10. The number of hydrogen-bond acceptors (Lipinski definition) is 9. The summed E-state index contributed by atoms with van der Waals surface area (Å²) in [4.78, 5) is 102. The van der Waals surface area contributed by atoms with Gasteiger partial charge in [-0.3, -0.25) is 33.6 Å². The van der Waals surface area contributed by atoms with E-state index < -0.39 is 84.1 Å². The zero-order chi connectivity index (χ0) is 46.9. The first kappa shape index (κ1) is 52.5. The summed E-state index contributed by atoms with van der Waals surface area (Å²) < 4.78 is 0. The molecule has 17 nitrogen and oxygen atoms in total.